The summed E-state index contributed by atoms with van der Waals surface area (Å²) in [5.74, 6) is -3.18. The first-order valence-electron chi connectivity index (χ1n) is 6.63. The molecule has 1 saturated carbocycles. The number of carbonyl (C=O) groups excluding carboxylic acids is 2. The molecule has 0 atom stereocenters. The Morgan fingerprint density at radius 3 is 2.52 bits per heavy atom. The molecule has 2 rings (SSSR count). The molecule has 0 unspecified atom stereocenters. The molecule has 1 amide bonds. The fourth-order valence-corrected chi connectivity index (χ4v) is 2.09. The van der Waals surface area contributed by atoms with Crippen LogP contribution in [0.15, 0.2) is 18.2 Å². The van der Waals surface area contributed by atoms with Crippen LogP contribution in [0.25, 0.3) is 0 Å². The monoisotopic (exact) mass is 333 g/mol. The van der Waals surface area contributed by atoms with Crippen LogP contribution in [-0.2, 0) is 9.53 Å². The number of aromatic hydroxyl groups is 1. The van der Waals surface area contributed by atoms with Crippen LogP contribution in [0.5, 0.6) is 11.5 Å². The number of alkyl halides is 3. The van der Waals surface area contributed by atoms with Gasteiger partial charge in [0.15, 0.2) is 11.5 Å². The van der Waals surface area contributed by atoms with E-state index in [-0.39, 0.29) is 6.54 Å². The number of para-hydroxylation sites is 1. The lowest BCUT2D eigenvalue weighted by atomic mass is 10.1. The Hall–Kier alpha value is -2.45. The van der Waals surface area contributed by atoms with Crippen LogP contribution in [0.4, 0.5) is 13.2 Å². The molecule has 1 aromatic carbocycles. The Labute approximate surface area is 129 Å². The first kappa shape index (κ1) is 16.9. The number of halogens is 3. The molecule has 1 aromatic rings. The van der Waals surface area contributed by atoms with Crippen molar-refractivity contribution in [3.63, 3.8) is 0 Å². The number of amides is 1. The SMILES string of the molecule is COC(=O)C1(CNC(=O)c2cccc(O)c2OC(F)(F)F)CC1. The predicted molar refractivity (Wildman–Crippen MR) is 70.8 cm³/mol. The number of methoxy groups -OCH3 is 1. The topological polar surface area (TPSA) is 84.9 Å². The zero-order valence-corrected chi connectivity index (χ0v) is 12.1. The van der Waals surface area contributed by atoms with Gasteiger partial charge in [-0.05, 0) is 25.0 Å². The summed E-state index contributed by atoms with van der Waals surface area (Å²) in [6.07, 6.45) is -4.02. The maximum atomic E-state index is 12.4. The Bertz CT molecular complexity index is 625. The smallest absolute Gasteiger partial charge is 0.504 e. The number of hydrogen-bond donors (Lipinski definition) is 2. The number of phenolic OH excluding ortho intramolecular Hbond substituents is 1. The predicted octanol–water partition coefficient (Wildman–Crippen LogP) is 1.97. The van der Waals surface area contributed by atoms with Gasteiger partial charge < -0.3 is 19.9 Å². The third kappa shape index (κ3) is 3.85. The summed E-state index contributed by atoms with van der Waals surface area (Å²) in [5, 5.41) is 11.9. The molecular formula is C14H14F3NO5. The van der Waals surface area contributed by atoms with E-state index in [4.69, 9.17) is 0 Å². The second kappa shape index (κ2) is 5.98. The number of ether oxygens (including phenoxy) is 2. The average molecular weight is 333 g/mol. The van der Waals surface area contributed by atoms with Crippen molar-refractivity contribution >= 4 is 11.9 Å². The minimum absolute atomic E-state index is 0.0698. The summed E-state index contributed by atoms with van der Waals surface area (Å²) < 4.78 is 45.4. The van der Waals surface area contributed by atoms with E-state index < -0.39 is 40.7 Å². The molecule has 0 saturated heterocycles. The van der Waals surface area contributed by atoms with Crippen molar-refractivity contribution in [1.29, 1.82) is 0 Å². The van der Waals surface area contributed by atoms with Crippen molar-refractivity contribution in [3.8, 4) is 11.5 Å². The molecule has 1 aliphatic carbocycles. The Balaban J connectivity index is 2.14. The fraction of sp³-hybridized carbons (Fsp3) is 0.429. The van der Waals surface area contributed by atoms with Crippen LogP contribution in [0.3, 0.4) is 0 Å². The average Bonchev–Trinajstić information content (AvgIpc) is 3.26. The highest BCUT2D eigenvalue weighted by molar-refractivity contribution is 5.98. The quantitative estimate of drug-likeness (QED) is 0.805. The van der Waals surface area contributed by atoms with Crippen molar-refractivity contribution in [2.24, 2.45) is 5.41 Å². The van der Waals surface area contributed by atoms with Gasteiger partial charge in [-0.25, -0.2) is 0 Å². The second-order valence-corrected chi connectivity index (χ2v) is 5.16. The molecule has 1 aliphatic rings. The van der Waals surface area contributed by atoms with E-state index in [1.165, 1.54) is 13.2 Å². The summed E-state index contributed by atoms with van der Waals surface area (Å²) in [6.45, 7) is -0.0698. The Morgan fingerprint density at radius 2 is 2.00 bits per heavy atom. The lowest BCUT2D eigenvalue weighted by Crippen LogP contribution is -2.35. The zero-order chi connectivity index (χ0) is 17.3. The highest BCUT2D eigenvalue weighted by atomic mass is 19.4. The summed E-state index contributed by atoms with van der Waals surface area (Å²) in [6, 6.07) is 3.25. The van der Waals surface area contributed by atoms with Crippen LogP contribution in [0, 0.1) is 5.41 Å². The van der Waals surface area contributed by atoms with E-state index in [1.54, 1.807) is 0 Å². The molecule has 6 nitrogen and oxygen atoms in total. The molecule has 0 aromatic heterocycles. The van der Waals surface area contributed by atoms with Crippen LogP contribution >= 0.6 is 0 Å². The van der Waals surface area contributed by atoms with Gasteiger partial charge in [0.1, 0.15) is 0 Å². The number of esters is 1. The minimum Gasteiger partial charge on any atom is -0.504 e. The van der Waals surface area contributed by atoms with E-state index >= 15 is 0 Å². The number of phenols is 1. The van der Waals surface area contributed by atoms with Gasteiger partial charge in [-0.1, -0.05) is 6.07 Å². The van der Waals surface area contributed by atoms with Crippen molar-refractivity contribution < 1.29 is 37.3 Å². The summed E-state index contributed by atoms with van der Waals surface area (Å²) in [4.78, 5) is 23.6. The van der Waals surface area contributed by atoms with E-state index in [9.17, 15) is 27.9 Å². The molecule has 0 bridgehead atoms. The van der Waals surface area contributed by atoms with Gasteiger partial charge in [-0.3, -0.25) is 9.59 Å². The van der Waals surface area contributed by atoms with Gasteiger partial charge in [0.2, 0.25) is 0 Å². The first-order valence-corrected chi connectivity index (χ1v) is 6.63. The molecule has 0 heterocycles. The maximum absolute atomic E-state index is 12.4. The third-order valence-corrected chi connectivity index (χ3v) is 3.52. The molecule has 23 heavy (non-hydrogen) atoms. The van der Waals surface area contributed by atoms with Gasteiger partial charge in [-0.2, -0.15) is 0 Å². The van der Waals surface area contributed by atoms with Gasteiger partial charge in [0.25, 0.3) is 5.91 Å². The Morgan fingerprint density at radius 1 is 1.35 bits per heavy atom. The van der Waals surface area contributed by atoms with Gasteiger partial charge in [0, 0.05) is 6.54 Å². The fourth-order valence-electron chi connectivity index (χ4n) is 2.09. The van der Waals surface area contributed by atoms with E-state index in [1.807, 2.05) is 0 Å². The van der Waals surface area contributed by atoms with Crippen LogP contribution < -0.4 is 10.1 Å². The molecule has 1 fully saturated rings. The lowest BCUT2D eigenvalue weighted by Gasteiger charge is -2.16. The molecule has 0 aliphatic heterocycles. The molecule has 0 spiro atoms. The van der Waals surface area contributed by atoms with E-state index in [0.717, 1.165) is 12.1 Å². The zero-order valence-electron chi connectivity index (χ0n) is 12.1. The van der Waals surface area contributed by atoms with Gasteiger partial charge in [0.05, 0.1) is 18.1 Å². The van der Waals surface area contributed by atoms with Crippen LogP contribution in [0.1, 0.15) is 23.2 Å². The lowest BCUT2D eigenvalue weighted by molar-refractivity contribution is -0.275. The van der Waals surface area contributed by atoms with Crippen molar-refractivity contribution in [2.45, 2.75) is 19.2 Å². The van der Waals surface area contributed by atoms with Gasteiger partial charge in [-0.15, -0.1) is 13.2 Å². The van der Waals surface area contributed by atoms with E-state index in [2.05, 4.69) is 14.8 Å². The number of hydrogen-bond acceptors (Lipinski definition) is 5. The summed E-state index contributed by atoms with van der Waals surface area (Å²) >= 11 is 0. The molecule has 9 heteroatoms. The number of rotatable bonds is 5. The molecule has 126 valence electrons. The van der Waals surface area contributed by atoms with Crippen LogP contribution in [0.2, 0.25) is 0 Å². The number of nitrogens with one attached hydrogen (secondary N) is 1. The number of carbonyl (C=O) groups is 2. The van der Waals surface area contributed by atoms with Crippen molar-refractivity contribution in [3.05, 3.63) is 23.8 Å². The molecular weight excluding hydrogens is 319 g/mol. The second-order valence-electron chi connectivity index (χ2n) is 5.16. The standard InChI is InChI=1S/C14H14F3NO5/c1-22-12(21)13(5-6-13)7-18-11(20)8-3-2-4-9(19)10(8)23-14(15,16)17/h2-4,19H,5-7H2,1H3,(H,18,20). The maximum Gasteiger partial charge on any atom is 0.573 e. The highest BCUT2D eigenvalue weighted by Crippen LogP contribution is 2.46. The van der Waals surface area contributed by atoms with Crippen molar-refractivity contribution in [2.75, 3.05) is 13.7 Å². The summed E-state index contributed by atoms with van der Waals surface area (Å²) in [5.41, 5.74) is -1.31. The number of benzene rings is 1. The Kier molecular flexibility index (Phi) is 4.39. The van der Waals surface area contributed by atoms with Crippen LogP contribution in [-0.4, -0.2) is 37.0 Å². The summed E-state index contributed by atoms with van der Waals surface area (Å²) in [7, 11) is 1.22. The van der Waals surface area contributed by atoms with Crippen molar-refractivity contribution in [1.82, 2.24) is 5.32 Å². The third-order valence-electron chi connectivity index (χ3n) is 3.52. The van der Waals surface area contributed by atoms with Gasteiger partial charge >= 0.3 is 12.3 Å². The normalized spacial score (nSPS) is 15.7. The highest BCUT2D eigenvalue weighted by Gasteiger charge is 2.51. The molecule has 2 N–H and O–H groups in total. The minimum atomic E-state index is -5.06. The van der Waals surface area contributed by atoms with E-state index in [0.29, 0.717) is 12.8 Å². The molecule has 0 radical (unpaired) electrons. The first-order chi connectivity index (χ1) is 10.7. The largest absolute Gasteiger partial charge is 0.573 e.